The van der Waals surface area contributed by atoms with Gasteiger partial charge in [-0.25, -0.2) is 0 Å². The van der Waals surface area contributed by atoms with E-state index in [9.17, 15) is 0 Å². The molecule has 0 radical (unpaired) electrons. The van der Waals surface area contributed by atoms with E-state index in [1.165, 1.54) is 11.1 Å². The first-order valence-corrected chi connectivity index (χ1v) is 7.20. The molecule has 0 aliphatic heterocycles. The largest absolute Gasteiger partial charge is 0.464 e. The lowest BCUT2D eigenvalue weighted by Crippen LogP contribution is -2.13. The molecule has 1 aromatic heterocycles. The van der Waals surface area contributed by atoms with Crippen molar-refractivity contribution in [2.24, 2.45) is 0 Å². The van der Waals surface area contributed by atoms with Crippen molar-refractivity contribution in [1.82, 2.24) is 5.32 Å². The van der Waals surface area contributed by atoms with Gasteiger partial charge in [-0.05, 0) is 31.5 Å². The van der Waals surface area contributed by atoms with Gasteiger partial charge in [0.2, 0.25) is 0 Å². The molecule has 0 spiro atoms. The van der Waals surface area contributed by atoms with Gasteiger partial charge >= 0.3 is 0 Å². The van der Waals surface area contributed by atoms with E-state index in [1.54, 1.807) is 0 Å². The highest BCUT2D eigenvalue weighted by atomic mass is 16.5. The summed E-state index contributed by atoms with van der Waals surface area (Å²) in [6.45, 7) is 7.20. The third-order valence-corrected chi connectivity index (χ3v) is 3.17. The first-order valence-electron chi connectivity index (χ1n) is 7.20. The number of nitrogens with one attached hydrogen (secondary N) is 1. The van der Waals surface area contributed by atoms with E-state index in [-0.39, 0.29) is 0 Å². The number of rotatable bonds is 8. The average Bonchev–Trinajstić information content (AvgIpc) is 2.81. The predicted octanol–water partition coefficient (Wildman–Crippen LogP) is 3.80. The summed E-state index contributed by atoms with van der Waals surface area (Å²) >= 11 is 0. The summed E-state index contributed by atoms with van der Waals surface area (Å²) in [5.74, 6) is 1.87. The van der Waals surface area contributed by atoms with Crippen molar-refractivity contribution in [3.8, 4) is 0 Å². The molecule has 0 amide bonds. The number of benzene rings is 1. The maximum absolute atomic E-state index is 5.72. The van der Waals surface area contributed by atoms with Gasteiger partial charge in [0.05, 0.1) is 6.61 Å². The van der Waals surface area contributed by atoms with Crippen LogP contribution in [0.4, 0.5) is 0 Å². The summed E-state index contributed by atoms with van der Waals surface area (Å²) in [6.07, 6.45) is 1.14. The Balaban J connectivity index is 1.80. The summed E-state index contributed by atoms with van der Waals surface area (Å²) in [4.78, 5) is 0. The van der Waals surface area contributed by atoms with Crippen LogP contribution in [0.3, 0.4) is 0 Å². The van der Waals surface area contributed by atoms with Gasteiger partial charge in [0.1, 0.15) is 18.1 Å². The Morgan fingerprint density at radius 2 is 1.95 bits per heavy atom. The minimum Gasteiger partial charge on any atom is -0.464 e. The summed E-state index contributed by atoms with van der Waals surface area (Å²) in [5, 5.41) is 3.39. The molecular formula is C17H23NO2. The molecule has 0 bridgehead atoms. The zero-order valence-corrected chi connectivity index (χ0v) is 12.3. The molecule has 1 aromatic carbocycles. The Morgan fingerprint density at radius 1 is 1.15 bits per heavy atom. The molecule has 1 heterocycles. The number of hydrogen-bond donors (Lipinski definition) is 1. The van der Waals surface area contributed by atoms with Gasteiger partial charge in [-0.3, -0.25) is 0 Å². The molecule has 0 saturated carbocycles. The Hall–Kier alpha value is -1.58. The second kappa shape index (κ2) is 7.88. The fraction of sp³-hybridized carbons (Fsp3) is 0.412. The van der Waals surface area contributed by atoms with Crippen molar-refractivity contribution in [3.63, 3.8) is 0 Å². The van der Waals surface area contributed by atoms with E-state index >= 15 is 0 Å². The van der Waals surface area contributed by atoms with Gasteiger partial charge in [0, 0.05) is 12.1 Å². The average molecular weight is 273 g/mol. The standard InChI is InChI=1S/C17H23NO2/c1-3-9-18-11-16-10-17(20-14(16)2)13-19-12-15-7-5-4-6-8-15/h4-8,10,18H,3,9,11-13H2,1-2H3. The van der Waals surface area contributed by atoms with Gasteiger partial charge in [-0.15, -0.1) is 0 Å². The van der Waals surface area contributed by atoms with Crippen LogP contribution < -0.4 is 5.32 Å². The van der Waals surface area contributed by atoms with E-state index in [0.717, 1.165) is 31.0 Å². The van der Waals surface area contributed by atoms with Crippen molar-refractivity contribution >= 4 is 0 Å². The summed E-state index contributed by atoms with van der Waals surface area (Å²) in [5.41, 5.74) is 2.40. The normalized spacial score (nSPS) is 10.9. The molecule has 108 valence electrons. The molecule has 0 saturated heterocycles. The minimum absolute atomic E-state index is 0.517. The molecule has 0 fully saturated rings. The molecule has 0 aliphatic rings. The Morgan fingerprint density at radius 3 is 2.70 bits per heavy atom. The summed E-state index contributed by atoms with van der Waals surface area (Å²) in [6, 6.07) is 12.3. The van der Waals surface area contributed by atoms with Crippen LogP contribution in [0.15, 0.2) is 40.8 Å². The van der Waals surface area contributed by atoms with Crippen LogP contribution in [-0.2, 0) is 24.5 Å². The number of furan rings is 1. The van der Waals surface area contributed by atoms with Crippen molar-refractivity contribution in [2.45, 2.75) is 40.0 Å². The van der Waals surface area contributed by atoms with E-state index in [4.69, 9.17) is 9.15 Å². The van der Waals surface area contributed by atoms with Crippen LogP contribution in [0.2, 0.25) is 0 Å². The molecule has 20 heavy (non-hydrogen) atoms. The third kappa shape index (κ3) is 4.51. The van der Waals surface area contributed by atoms with Crippen LogP contribution in [0.5, 0.6) is 0 Å². The second-order valence-electron chi connectivity index (χ2n) is 4.95. The Bertz CT molecular complexity index is 505. The van der Waals surface area contributed by atoms with Gasteiger partial charge in [-0.1, -0.05) is 37.3 Å². The lowest BCUT2D eigenvalue weighted by Gasteiger charge is -2.01. The zero-order chi connectivity index (χ0) is 14.2. The summed E-state index contributed by atoms with van der Waals surface area (Å²) in [7, 11) is 0. The molecule has 0 aliphatic carbocycles. The highest BCUT2D eigenvalue weighted by Crippen LogP contribution is 2.16. The van der Waals surface area contributed by atoms with E-state index in [2.05, 4.69) is 30.4 Å². The molecule has 3 nitrogen and oxygen atoms in total. The maximum atomic E-state index is 5.72. The van der Waals surface area contributed by atoms with Crippen molar-refractivity contribution in [3.05, 3.63) is 59.0 Å². The van der Waals surface area contributed by atoms with E-state index in [0.29, 0.717) is 13.2 Å². The van der Waals surface area contributed by atoms with Gasteiger partial charge in [-0.2, -0.15) is 0 Å². The van der Waals surface area contributed by atoms with Crippen molar-refractivity contribution < 1.29 is 9.15 Å². The molecule has 0 atom stereocenters. The molecule has 2 rings (SSSR count). The molecule has 1 N–H and O–H groups in total. The van der Waals surface area contributed by atoms with Crippen LogP contribution in [0.1, 0.15) is 36.0 Å². The molecule has 0 unspecified atom stereocenters. The van der Waals surface area contributed by atoms with Crippen molar-refractivity contribution in [1.29, 1.82) is 0 Å². The lowest BCUT2D eigenvalue weighted by atomic mass is 10.2. The molecular weight excluding hydrogens is 250 g/mol. The maximum Gasteiger partial charge on any atom is 0.130 e. The van der Waals surface area contributed by atoms with Crippen LogP contribution >= 0.6 is 0 Å². The van der Waals surface area contributed by atoms with Crippen LogP contribution in [-0.4, -0.2) is 6.54 Å². The highest BCUT2D eigenvalue weighted by Gasteiger charge is 2.07. The minimum atomic E-state index is 0.517. The topological polar surface area (TPSA) is 34.4 Å². The van der Waals surface area contributed by atoms with Gasteiger partial charge in [0.25, 0.3) is 0 Å². The number of ether oxygens (including phenoxy) is 1. The summed E-state index contributed by atoms with van der Waals surface area (Å²) < 4.78 is 11.4. The molecule has 3 heteroatoms. The molecule has 2 aromatic rings. The van der Waals surface area contributed by atoms with E-state index < -0.39 is 0 Å². The quantitative estimate of drug-likeness (QED) is 0.743. The second-order valence-corrected chi connectivity index (χ2v) is 4.95. The fourth-order valence-corrected chi connectivity index (χ4v) is 2.08. The smallest absolute Gasteiger partial charge is 0.130 e. The Labute approximate surface area is 121 Å². The first-order chi connectivity index (χ1) is 9.79. The number of aryl methyl sites for hydroxylation is 1. The van der Waals surface area contributed by atoms with Crippen molar-refractivity contribution in [2.75, 3.05) is 6.54 Å². The first kappa shape index (κ1) is 14.8. The predicted molar refractivity (Wildman–Crippen MR) is 80.4 cm³/mol. The lowest BCUT2D eigenvalue weighted by molar-refractivity contribution is 0.0923. The van der Waals surface area contributed by atoms with E-state index in [1.807, 2.05) is 25.1 Å². The van der Waals surface area contributed by atoms with Gasteiger partial charge in [0.15, 0.2) is 0 Å². The van der Waals surface area contributed by atoms with Crippen LogP contribution in [0.25, 0.3) is 0 Å². The SMILES string of the molecule is CCCNCc1cc(COCc2ccccc2)oc1C. The third-order valence-electron chi connectivity index (χ3n) is 3.17. The highest BCUT2D eigenvalue weighted by molar-refractivity contribution is 5.20. The van der Waals surface area contributed by atoms with Crippen LogP contribution in [0, 0.1) is 6.92 Å². The fourth-order valence-electron chi connectivity index (χ4n) is 2.08. The van der Waals surface area contributed by atoms with Gasteiger partial charge < -0.3 is 14.5 Å². The Kier molecular flexibility index (Phi) is 5.84. The number of hydrogen-bond acceptors (Lipinski definition) is 3. The zero-order valence-electron chi connectivity index (χ0n) is 12.3. The monoisotopic (exact) mass is 273 g/mol.